The molecule has 0 aliphatic carbocycles. The van der Waals surface area contributed by atoms with E-state index in [4.69, 9.17) is 0 Å². The maximum Gasteiger partial charge on any atom is 0.272 e. The number of nitrogens with zero attached hydrogens (tertiary/aromatic N) is 3. The zero-order valence-corrected chi connectivity index (χ0v) is 15.2. The molecule has 0 bridgehead atoms. The molecule has 136 valence electrons. The van der Waals surface area contributed by atoms with E-state index < -0.39 is 6.10 Å². The van der Waals surface area contributed by atoms with Crippen LogP contribution in [-0.2, 0) is 0 Å². The number of hydrogen-bond donors (Lipinski definition) is 1. The van der Waals surface area contributed by atoms with Gasteiger partial charge in [0.2, 0.25) is 0 Å². The number of rotatable bonds is 7. The first-order valence-corrected chi connectivity index (χ1v) is 8.56. The number of hydrogen-bond acceptors (Lipinski definition) is 3. The molecule has 0 aliphatic rings. The summed E-state index contributed by atoms with van der Waals surface area (Å²) in [6, 6.07) is 7.45. The molecule has 1 aromatic carbocycles. The molecule has 2 rings (SSSR count). The maximum absolute atomic E-state index is 13.1. The monoisotopic (exact) mass is 347 g/mol. The maximum atomic E-state index is 13.1. The number of carbonyl (C=O) groups is 1. The first kappa shape index (κ1) is 19.1. The van der Waals surface area contributed by atoms with E-state index in [1.807, 2.05) is 27.7 Å². The average Bonchev–Trinajstić information content (AvgIpc) is 3.03. The first-order chi connectivity index (χ1) is 11.8. The second kappa shape index (κ2) is 8.25. The minimum absolute atomic E-state index is 0.0665. The Labute approximate surface area is 148 Å². The summed E-state index contributed by atoms with van der Waals surface area (Å²) < 4.78 is 14.7. The van der Waals surface area contributed by atoms with Crippen LogP contribution in [0.25, 0.3) is 0 Å². The summed E-state index contributed by atoms with van der Waals surface area (Å²) in [7, 11) is 0. The molecule has 1 amide bonds. The Morgan fingerprint density at radius 3 is 2.36 bits per heavy atom. The van der Waals surface area contributed by atoms with Crippen LogP contribution >= 0.6 is 0 Å². The van der Waals surface area contributed by atoms with Crippen LogP contribution in [-0.4, -0.2) is 38.8 Å². The Bertz CT molecular complexity index is 695. The molecule has 0 aliphatic heterocycles. The standard InChI is InChI=1S/C19H26FN3O2/c1-13(2)11-22(12-18(24)15-5-7-16(20)8-6-15)19(25)17-9-10-21-23(17)14(3)4/h5-10,13-14,18,24H,11-12H2,1-4H3. The van der Waals surface area contributed by atoms with Crippen LogP contribution in [0.4, 0.5) is 4.39 Å². The van der Waals surface area contributed by atoms with Gasteiger partial charge < -0.3 is 10.0 Å². The van der Waals surface area contributed by atoms with Crippen molar-refractivity contribution in [2.24, 2.45) is 5.92 Å². The van der Waals surface area contributed by atoms with Gasteiger partial charge in [-0.05, 0) is 43.5 Å². The lowest BCUT2D eigenvalue weighted by Crippen LogP contribution is -2.38. The van der Waals surface area contributed by atoms with Gasteiger partial charge in [0, 0.05) is 18.8 Å². The summed E-state index contributed by atoms with van der Waals surface area (Å²) in [5.41, 5.74) is 1.09. The van der Waals surface area contributed by atoms with Crippen LogP contribution in [0.3, 0.4) is 0 Å². The third-order valence-corrected chi connectivity index (χ3v) is 3.90. The summed E-state index contributed by atoms with van der Waals surface area (Å²) in [6.07, 6.45) is 0.732. The lowest BCUT2D eigenvalue weighted by Gasteiger charge is -2.27. The third-order valence-electron chi connectivity index (χ3n) is 3.90. The topological polar surface area (TPSA) is 58.4 Å². The van der Waals surface area contributed by atoms with E-state index in [0.717, 1.165) is 0 Å². The summed E-state index contributed by atoms with van der Waals surface area (Å²) in [5.74, 6) is -0.271. The van der Waals surface area contributed by atoms with Crippen molar-refractivity contribution < 1.29 is 14.3 Å². The van der Waals surface area contributed by atoms with Crippen LogP contribution < -0.4 is 0 Å². The zero-order chi connectivity index (χ0) is 18.6. The molecular weight excluding hydrogens is 321 g/mol. The molecule has 1 atom stereocenters. The zero-order valence-electron chi connectivity index (χ0n) is 15.2. The van der Waals surface area contributed by atoms with Gasteiger partial charge in [-0.3, -0.25) is 9.48 Å². The minimum Gasteiger partial charge on any atom is -0.387 e. The molecule has 1 heterocycles. The second-order valence-electron chi connectivity index (χ2n) is 6.93. The molecule has 0 spiro atoms. The van der Waals surface area contributed by atoms with Crippen LogP contribution in [0.5, 0.6) is 0 Å². The fourth-order valence-electron chi connectivity index (χ4n) is 2.74. The second-order valence-corrected chi connectivity index (χ2v) is 6.93. The molecule has 1 aromatic heterocycles. The van der Waals surface area contributed by atoms with Crippen molar-refractivity contribution in [2.45, 2.75) is 39.8 Å². The van der Waals surface area contributed by atoms with Crippen molar-refractivity contribution in [3.05, 3.63) is 53.6 Å². The Balaban J connectivity index is 2.21. The molecule has 6 heteroatoms. The molecule has 2 aromatic rings. The molecule has 25 heavy (non-hydrogen) atoms. The Morgan fingerprint density at radius 2 is 1.80 bits per heavy atom. The van der Waals surface area contributed by atoms with Crippen molar-refractivity contribution >= 4 is 5.91 Å². The SMILES string of the molecule is CC(C)CN(CC(O)c1ccc(F)cc1)C(=O)c1ccnn1C(C)C. The first-order valence-electron chi connectivity index (χ1n) is 8.56. The number of carbonyl (C=O) groups excluding carboxylic acids is 1. The van der Waals surface area contributed by atoms with Gasteiger partial charge in [0.25, 0.3) is 5.91 Å². The van der Waals surface area contributed by atoms with E-state index in [-0.39, 0.29) is 30.2 Å². The van der Waals surface area contributed by atoms with Crippen molar-refractivity contribution in [3.8, 4) is 0 Å². The quantitative estimate of drug-likeness (QED) is 0.835. The number of aromatic nitrogens is 2. The number of benzene rings is 1. The summed E-state index contributed by atoms with van der Waals surface area (Å²) in [6.45, 7) is 8.62. The lowest BCUT2D eigenvalue weighted by molar-refractivity contribution is 0.0581. The van der Waals surface area contributed by atoms with Gasteiger partial charge in [-0.15, -0.1) is 0 Å². The Morgan fingerprint density at radius 1 is 1.16 bits per heavy atom. The van der Waals surface area contributed by atoms with Gasteiger partial charge in [-0.1, -0.05) is 26.0 Å². The number of halogens is 1. The van der Waals surface area contributed by atoms with Crippen LogP contribution in [0.1, 0.15) is 55.9 Å². The Hall–Kier alpha value is -2.21. The van der Waals surface area contributed by atoms with Crippen molar-refractivity contribution in [1.29, 1.82) is 0 Å². The predicted octanol–water partition coefficient (Wildman–Crippen LogP) is 3.43. The normalized spacial score (nSPS) is 12.6. The molecule has 0 saturated carbocycles. The van der Waals surface area contributed by atoms with Crippen molar-refractivity contribution in [1.82, 2.24) is 14.7 Å². The van der Waals surface area contributed by atoms with E-state index in [1.54, 1.807) is 21.8 Å². The van der Waals surface area contributed by atoms with Crippen molar-refractivity contribution in [2.75, 3.05) is 13.1 Å². The molecule has 1 N–H and O–H groups in total. The fraction of sp³-hybridized carbons (Fsp3) is 0.474. The Kier molecular flexibility index (Phi) is 6.31. The summed E-state index contributed by atoms with van der Waals surface area (Å²) in [5, 5.41) is 14.7. The molecule has 0 fully saturated rings. The summed E-state index contributed by atoms with van der Waals surface area (Å²) in [4.78, 5) is 14.6. The molecule has 5 nitrogen and oxygen atoms in total. The predicted molar refractivity (Wildman–Crippen MR) is 94.7 cm³/mol. The lowest BCUT2D eigenvalue weighted by atomic mass is 10.1. The van der Waals surface area contributed by atoms with Gasteiger partial charge in [0.15, 0.2) is 0 Å². The average molecular weight is 347 g/mol. The van der Waals surface area contributed by atoms with Crippen LogP contribution in [0, 0.1) is 11.7 Å². The molecule has 0 saturated heterocycles. The summed E-state index contributed by atoms with van der Waals surface area (Å²) >= 11 is 0. The number of aliphatic hydroxyl groups excluding tert-OH is 1. The largest absolute Gasteiger partial charge is 0.387 e. The van der Waals surface area contributed by atoms with Crippen LogP contribution in [0.2, 0.25) is 0 Å². The van der Waals surface area contributed by atoms with E-state index in [9.17, 15) is 14.3 Å². The van der Waals surface area contributed by atoms with E-state index in [2.05, 4.69) is 5.10 Å². The van der Waals surface area contributed by atoms with Gasteiger partial charge >= 0.3 is 0 Å². The van der Waals surface area contributed by atoms with E-state index >= 15 is 0 Å². The number of amides is 1. The van der Waals surface area contributed by atoms with Gasteiger partial charge in [0.05, 0.1) is 12.6 Å². The molecule has 0 radical (unpaired) electrons. The van der Waals surface area contributed by atoms with Crippen LogP contribution in [0.15, 0.2) is 36.5 Å². The molecular formula is C19H26FN3O2. The smallest absolute Gasteiger partial charge is 0.272 e. The highest BCUT2D eigenvalue weighted by molar-refractivity contribution is 5.92. The van der Waals surface area contributed by atoms with Gasteiger partial charge in [0.1, 0.15) is 11.5 Å². The highest BCUT2D eigenvalue weighted by Crippen LogP contribution is 2.18. The molecule has 1 unspecified atom stereocenters. The van der Waals surface area contributed by atoms with Crippen molar-refractivity contribution in [3.63, 3.8) is 0 Å². The third kappa shape index (κ3) is 4.89. The van der Waals surface area contributed by atoms with Gasteiger partial charge in [-0.2, -0.15) is 5.10 Å². The fourth-order valence-corrected chi connectivity index (χ4v) is 2.74. The van der Waals surface area contributed by atoms with E-state index in [1.165, 1.54) is 24.3 Å². The highest BCUT2D eigenvalue weighted by Gasteiger charge is 2.24. The minimum atomic E-state index is -0.876. The number of aliphatic hydroxyl groups is 1. The van der Waals surface area contributed by atoms with Gasteiger partial charge in [-0.25, -0.2) is 4.39 Å². The highest BCUT2D eigenvalue weighted by atomic mass is 19.1. The van der Waals surface area contributed by atoms with E-state index in [0.29, 0.717) is 17.8 Å².